The lowest BCUT2D eigenvalue weighted by molar-refractivity contribution is 0.458. The first-order chi connectivity index (χ1) is 13.8. The van der Waals surface area contributed by atoms with Crippen molar-refractivity contribution in [1.82, 2.24) is 10.2 Å². The van der Waals surface area contributed by atoms with E-state index in [1.807, 2.05) is 12.1 Å². The van der Waals surface area contributed by atoms with Gasteiger partial charge in [-0.2, -0.15) is 0 Å². The summed E-state index contributed by atoms with van der Waals surface area (Å²) in [6.07, 6.45) is 0.949. The molecular formula is C25H28N3. The molecule has 3 rings (SSSR count). The molecular weight excluding hydrogens is 342 g/mol. The van der Waals surface area contributed by atoms with Gasteiger partial charge in [0.25, 0.3) is 0 Å². The van der Waals surface area contributed by atoms with Crippen LogP contribution in [0.2, 0.25) is 0 Å². The number of nitrogens with zero attached hydrogens (tertiary/aromatic N) is 2. The van der Waals surface area contributed by atoms with Crippen LogP contribution in [-0.2, 0) is 19.6 Å². The third-order valence-electron chi connectivity index (χ3n) is 4.42. The molecule has 28 heavy (non-hydrogen) atoms. The van der Waals surface area contributed by atoms with Gasteiger partial charge in [0, 0.05) is 13.1 Å². The van der Waals surface area contributed by atoms with E-state index in [1.165, 1.54) is 16.7 Å². The van der Waals surface area contributed by atoms with Gasteiger partial charge in [-0.1, -0.05) is 97.9 Å². The van der Waals surface area contributed by atoms with Crippen LogP contribution in [0.25, 0.3) is 0 Å². The smallest absolute Gasteiger partial charge is 0.195 e. The SMILES string of the molecule is CC[CH]N(Cc1ccccc1)/C(=N\Cc1ccccc1)NCc1ccccc1. The van der Waals surface area contributed by atoms with Gasteiger partial charge in [-0.25, -0.2) is 4.99 Å². The highest BCUT2D eigenvalue weighted by Gasteiger charge is 2.12. The Hall–Kier alpha value is -3.07. The van der Waals surface area contributed by atoms with Gasteiger partial charge in [0.1, 0.15) is 0 Å². The molecule has 3 nitrogen and oxygen atoms in total. The summed E-state index contributed by atoms with van der Waals surface area (Å²) in [7, 11) is 0. The minimum absolute atomic E-state index is 0.654. The van der Waals surface area contributed by atoms with Crippen LogP contribution in [0.5, 0.6) is 0 Å². The van der Waals surface area contributed by atoms with Gasteiger partial charge in [0.15, 0.2) is 5.96 Å². The Labute approximate surface area is 168 Å². The van der Waals surface area contributed by atoms with E-state index in [2.05, 4.69) is 103 Å². The third-order valence-corrected chi connectivity index (χ3v) is 4.42. The summed E-state index contributed by atoms with van der Waals surface area (Å²) < 4.78 is 0. The molecule has 0 fully saturated rings. The molecule has 1 N–H and O–H groups in total. The van der Waals surface area contributed by atoms with E-state index >= 15 is 0 Å². The molecule has 0 amide bonds. The molecule has 0 heterocycles. The summed E-state index contributed by atoms with van der Waals surface area (Å²) in [4.78, 5) is 7.15. The van der Waals surface area contributed by atoms with E-state index in [1.54, 1.807) is 0 Å². The Balaban J connectivity index is 1.78. The lowest BCUT2D eigenvalue weighted by atomic mass is 10.2. The molecule has 0 saturated carbocycles. The Bertz CT molecular complexity index is 829. The van der Waals surface area contributed by atoms with Crippen LogP contribution in [0.4, 0.5) is 0 Å². The summed E-state index contributed by atoms with van der Waals surface area (Å²) in [6.45, 7) is 6.56. The molecule has 0 atom stereocenters. The Morgan fingerprint density at radius 1 is 0.786 bits per heavy atom. The second kappa shape index (κ2) is 10.9. The Morgan fingerprint density at radius 3 is 1.89 bits per heavy atom. The van der Waals surface area contributed by atoms with Crippen molar-refractivity contribution in [2.75, 3.05) is 0 Å². The number of guanidine groups is 1. The molecule has 0 aliphatic rings. The largest absolute Gasteiger partial charge is 0.352 e. The lowest BCUT2D eigenvalue weighted by Gasteiger charge is -2.26. The van der Waals surface area contributed by atoms with Crippen LogP contribution in [0.1, 0.15) is 30.0 Å². The average molecular weight is 371 g/mol. The topological polar surface area (TPSA) is 27.6 Å². The number of aliphatic imine (C=N–C) groups is 1. The molecule has 0 aliphatic carbocycles. The van der Waals surface area contributed by atoms with E-state index in [-0.39, 0.29) is 0 Å². The van der Waals surface area contributed by atoms with E-state index in [0.717, 1.165) is 25.5 Å². The van der Waals surface area contributed by atoms with Gasteiger partial charge in [-0.3, -0.25) is 0 Å². The zero-order valence-electron chi connectivity index (χ0n) is 16.5. The zero-order valence-corrected chi connectivity index (χ0v) is 16.5. The lowest BCUT2D eigenvalue weighted by Crippen LogP contribution is -2.39. The van der Waals surface area contributed by atoms with Crippen molar-refractivity contribution in [2.24, 2.45) is 4.99 Å². The van der Waals surface area contributed by atoms with Crippen LogP contribution in [0.15, 0.2) is 96.0 Å². The predicted octanol–water partition coefficient (Wildman–Crippen LogP) is 5.41. The van der Waals surface area contributed by atoms with Crippen LogP contribution >= 0.6 is 0 Å². The van der Waals surface area contributed by atoms with Crippen molar-refractivity contribution < 1.29 is 0 Å². The van der Waals surface area contributed by atoms with Gasteiger partial charge in [0.05, 0.1) is 13.1 Å². The van der Waals surface area contributed by atoms with Crippen LogP contribution in [0, 0.1) is 6.54 Å². The number of hydrogen-bond acceptors (Lipinski definition) is 1. The van der Waals surface area contributed by atoms with Crippen molar-refractivity contribution in [1.29, 1.82) is 0 Å². The van der Waals surface area contributed by atoms with Crippen molar-refractivity contribution in [3.05, 3.63) is 114 Å². The maximum atomic E-state index is 4.92. The standard InChI is InChI=1S/C25H28N3/c1-2-18-28(21-24-16-10-5-11-17-24)25(26-19-22-12-6-3-7-13-22)27-20-23-14-8-4-9-15-23/h3-18H,2,19-21H2,1H3,(H,26,27). The second-order valence-corrected chi connectivity index (χ2v) is 6.67. The van der Waals surface area contributed by atoms with Crippen molar-refractivity contribution in [3.63, 3.8) is 0 Å². The molecule has 0 saturated heterocycles. The van der Waals surface area contributed by atoms with Gasteiger partial charge in [-0.05, 0) is 23.1 Å². The summed E-state index contributed by atoms with van der Waals surface area (Å²) in [6, 6.07) is 31.3. The molecule has 3 heteroatoms. The number of hydrogen-bond donors (Lipinski definition) is 1. The highest BCUT2D eigenvalue weighted by Crippen LogP contribution is 2.10. The van der Waals surface area contributed by atoms with Gasteiger partial charge < -0.3 is 10.2 Å². The summed E-state index contributed by atoms with van der Waals surface area (Å²) in [5.74, 6) is 0.901. The zero-order chi connectivity index (χ0) is 19.4. The van der Waals surface area contributed by atoms with Gasteiger partial charge in [-0.15, -0.1) is 0 Å². The summed E-state index contributed by atoms with van der Waals surface area (Å²) in [5.41, 5.74) is 3.71. The Kier molecular flexibility index (Phi) is 7.68. The summed E-state index contributed by atoms with van der Waals surface area (Å²) in [5, 5.41) is 3.56. The van der Waals surface area contributed by atoms with Crippen LogP contribution in [0.3, 0.4) is 0 Å². The monoisotopic (exact) mass is 370 g/mol. The minimum atomic E-state index is 0.654. The highest BCUT2D eigenvalue weighted by atomic mass is 15.3. The fraction of sp³-hybridized carbons (Fsp3) is 0.200. The first-order valence-electron chi connectivity index (χ1n) is 9.85. The maximum absolute atomic E-state index is 4.92. The maximum Gasteiger partial charge on any atom is 0.195 e. The normalized spacial score (nSPS) is 11.2. The first kappa shape index (κ1) is 19.7. The van der Waals surface area contributed by atoms with E-state index in [4.69, 9.17) is 4.99 Å². The molecule has 3 aromatic rings. The van der Waals surface area contributed by atoms with Gasteiger partial charge >= 0.3 is 0 Å². The molecule has 3 aromatic carbocycles. The molecule has 0 unspecified atom stereocenters. The van der Waals surface area contributed by atoms with Crippen molar-refractivity contribution in [3.8, 4) is 0 Å². The van der Waals surface area contributed by atoms with Crippen LogP contribution < -0.4 is 5.32 Å². The number of nitrogens with one attached hydrogen (secondary N) is 1. The van der Waals surface area contributed by atoms with E-state index in [9.17, 15) is 0 Å². The molecule has 1 radical (unpaired) electrons. The molecule has 0 aromatic heterocycles. The average Bonchev–Trinajstić information content (AvgIpc) is 2.76. The third kappa shape index (κ3) is 6.27. The summed E-state index contributed by atoms with van der Waals surface area (Å²) >= 11 is 0. The number of rotatable bonds is 8. The molecule has 143 valence electrons. The highest BCUT2D eigenvalue weighted by molar-refractivity contribution is 5.80. The first-order valence-corrected chi connectivity index (χ1v) is 9.85. The minimum Gasteiger partial charge on any atom is -0.352 e. The molecule has 0 spiro atoms. The molecule has 0 bridgehead atoms. The van der Waals surface area contributed by atoms with Gasteiger partial charge in [0.2, 0.25) is 0 Å². The molecule has 0 aliphatic heterocycles. The fourth-order valence-electron chi connectivity index (χ4n) is 3.00. The van der Waals surface area contributed by atoms with Crippen molar-refractivity contribution >= 4 is 5.96 Å². The predicted molar refractivity (Wildman–Crippen MR) is 117 cm³/mol. The van der Waals surface area contributed by atoms with E-state index < -0.39 is 0 Å². The number of benzene rings is 3. The van der Waals surface area contributed by atoms with E-state index in [0.29, 0.717) is 6.54 Å². The van der Waals surface area contributed by atoms with Crippen molar-refractivity contribution in [2.45, 2.75) is 33.0 Å². The second-order valence-electron chi connectivity index (χ2n) is 6.67. The quantitative estimate of drug-likeness (QED) is 0.424. The fourth-order valence-corrected chi connectivity index (χ4v) is 3.00. The van der Waals surface area contributed by atoms with Crippen LogP contribution in [-0.4, -0.2) is 10.9 Å². The Morgan fingerprint density at radius 2 is 1.32 bits per heavy atom.